The number of nitrogens with zero attached hydrogens (tertiary/aromatic N) is 3. The normalized spacial score (nSPS) is 15.9. The molecule has 4 nitrogen and oxygen atoms in total. The van der Waals surface area contributed by atoms with Gasteiger partial charge in [0.25, 0.3) is 0 Å². The molecule has 1 fully saturated rings. The van der Waals surface area contributed by atoms with Gasteiger partial charge in [-0.3, -0.25) is 0 Å². The number of hydrogen-bond donors (Lipinski definition) is 1. The predicted molar refractivity (Wildman–Crippen MR) is 91.3 cm³/mol. The highest BCUT2D eigenvalue weighted by atomic mass is 15.2. The molecule has 1 aliphatic heterocycles. The molecule has 116 valence electrons. The molecule has 0 aliphatic carbocycles. The first kappa shape index (κ1) is 15.0. The molecule has 0 atom stereocenters. The summed E-state index contributed by atoms with van der Waals surface area (Å²) in [6, 6.07) is 12.4. The van der Waals surface area contributed by atoms with E-state index in [0.29, 0.717) is 5.92 Å². The van der Waals surface area contributed by atoms with Crippen LogP contribution in [0.15, 0.2) is 36.4 Å². The molecule has 3 rings (SSSR count). The van der Waals surface area contributed by atoms with Gasteiger partial charge in [-0.15, -0.1) is 0 Å². The number of anilines is 1. The summed E-state index contributed by atoms with van der Waals surface area (Å²) >= 11 is 0. The van der Waals surface area contributed by atoms with Gasteiger partial charge in [0.05, 0.1) is 0 Å². The fourth-order valence-electron chi connectivity index (χ4n) is 2.70. The minimum atomic E-state index is 0.398. The number of hydrogen-bond acceptors (Lipinski definition) is 4. The summed E-state index contributed by atoms with van der Waals surface area (Å²) < 4.78 is 0. The second-order valence-corrected chi connectivity index (χ2v) is 6.09. The lowest BCUT2D eigenvalue weighted by atomic mass is 10.1. The van der Waals surface area contributed by atoms with E-state index >= 15 is 0 Å². The summed E-state index contributed by atoms with van der Waals surface area (Å²) in [6.07, 6.45) is 1.15. The lowest BCUT2D eigenvalue weighted by Gasteiger charge is -2.22. The van der Waals surface area contributed by atoms with Gasteiger partial charge in [-0.25, -0.2) is 9.97 Å². The first-order valence-corrected chi connectivity index (χ1v) is 8.14. The van der Waals surface area contributed by atoms with E-state index < -0.39 is 0 Å². The van der Waals surface area contributed by atoms with Crippen molar-refractivity contribution < 1.29 is 0 Å². The second kappa shape index (κ2) is 6.88. The topological polar surface area (TPSA) is 41.0 Å². The molecule has 1 aromatic heterocycles. The number of rotatable bonds is 3. The zero-order chi connectivity index (χ0) is 15.4. The van der Waals surface area contributed by atoms with E-state index in [9.17, 15) is 0 Å². The molecule has 2 heterocycles. The van der Waals surface area contributed by atoms with Crippen molar-refractivity contribution in [3.8, 4) is 11.4 Å². The maximum atomic E-state index is 4.84. The quantitative estimate of drug-likeness (QED) is 0.945. The van der Waals surface area contributed by atoms with Crippen LogP contribution in [0.1, 0.15) is 31.9 Å². The predicted octanol–water partition coefficient (Wildman–Crippen LogP) is 3.07. The molecular formula is C18H24N4. The molecule has 0 unspecified atom stereocenters. The third kappa shape index (κ3) is 3.45. The van der Waals surface area contributed by atoms with Crippen LogP contribution in [-0.4, -0.2) is 36.1 Å². The molecule has 0 radical (unpaired) electrons. The van der Waals surface area contributed by atoms with Crippen molar-refractivity contribution in [1.82, 2.24) is 15.3 Å². The Labute approximate surface area is 132 Å². The van der Waals surface area contributed by atoms with E-state index in [-0.39, 0.29) is 0 Å². The Morgan fingerprint density at radius 2 is 1.86 bits per heavy atom. The zero-order valence-corrected chi connectivity index (χ0v) is 13.4. The van der Waals surface area contributed by atoms with Gasteiger partial charge >= 0.3 is 0 Å². The molecular weight excluding hydrogens is 272 g/mol. The van der Waals surface area contributed by atoms with Crippen LogP contribution in [-0.2, 0) is 0 Å². The maximum Gasteiger partial charge on any atom is 0.161 e. The SMILES string of the molecule is CC(C)c1cc(N2CCCNCC2)nc(-c2ccccc2)n1. The third-order valence-corrected chi connectivity index (χ3v) is 4.02. The summed E-state index contributed by atoms with van der Waals surface area (Å²) in [5.74, 6) is 2.29. The molecule has 4 heteroatoms. The highest BCUT2D eigenvalue weighted by Crippen LogP contribution is 2.24. The molecule has 0 bridgehead atoms. The highest BCUT2D eigenvalue weighted by Gasteiger charge is 2.15. The Morgan fingerprint density at radius 3 is 2.64 bits per heavy atom. The number of nitrogens with one attached hydrogen (secondary N) is 1. The van der Waals surface area contributed by atoms with Crippen molar-refractivity contribution in [2.45, 2.75) is 26.2 Å². The smallest absolute Gasteiger partial charge is 0.161 e. The Hall–Kier alpha value is -1.94. The summed E-state index contributed by atoms with van der Waals surface area (Å²) in [4.78, 5) is 12.0. The summed E-state index contributed by atoms with van der Waals surface area (Å²) in [7, 11) is 0. The van der Waals surface area contributed by atoms with Crippen molar-refractivity contribution in [1.29, 1.82) is 0 Å². The van der Waals surface area contributed by atoms with Crippen LogP contribution >= 0.6 is 0 Å². The van der Waals surface area contributed by atoms with Crippen LogP contribution in [0, 0.1) is 0 Å². The second-order valence-electron chi connectivity index (χ2n) is 6.09. The van der Waals surface area contributed by atoms with Crippen molar-refractivity contribution in [2.24, 2.45) is 0 Å². The van der Waals surface area contributed by atoms with Crippen LogP contribution in [0.5, 0.6) is 0 Å². The lowest BCUT2D eigenvalue weighted by Crippen LogP contribution is -2.29. The Bertz CT molecular complexity index is 602. The van der Waals surface area contributed by atoms with Crippen LogP contribution in [0.25, 0.3) is 11.4 Å². The summed E-state index contributed by atoms with van der Waals surface area (Å²) in [5.41, 5.74) is 2.19. The molecule has 22 heavy (non-hydrogen) atoms. The number of aromatic nitrogens is 2. The lowest BCUT2D eigenvalue weighted by molar-refractivity contribution is 0.724. The Morgan fingerprint density at radius 1 is 1.05 bits per heavy atom. The van der Waals surface area contributed by atoms with Crippen LogP contribution in [0.3, 0.4) is 0 Å². The van der Waals surface area contributed by atoms with Crippen molar-refractivity contribution in [3.05, 3.63) is 42.1 Å². The fourth-order valence-corrected chi connectivity index (χ4v) is 2.70. The zero-order valence-electron chi connectivity index (χ0n) is 13.4. The summed E-state index contributed by atoms with van der Waals surface area (Å²) in [6.45, 7) is 8.53. The molecule has 2 aromatic rings. The van der Waals surface area contributed by atoms with E-state index in [2.05, 4.69) is 42.3 Å². The molecule has 0 amide bonds. The molecule has 1 aliphatic rings. The van der Waals surface area contributed by atoms with E-state index in [1.54, 1.807) is 0 Å². The highest BCUT2D eigenvalue weighted by molar-refractivity contribution is 5.58. The first-order valence-electron chi connectivity index (χ1n) is 8.14. The standard InChI is InChI=1S/C18H24N4/c1-14(2)16-13-17(22-11-6-9-19-10-12-22)21-18(20-16)15-7-4-3-5-8-15/h3-5,7-8,13-14,19H,6,9-12H2,1-2H3. The van der Waals surface area contributed by atoms with Gasteiger partial charge < -0.3 is 10.2 Å². The van der Waals surface area contributed by atoms with E-state index in [4.69, 9.17) is 9.97 Å². The molecule has 0 saturated carbocycles. The Balaban J connectivity index is 2.00. The first-order chi connectivity index (χ1) is 10.7. The van der Waals surface area contributed by atoms with Crippen LogP contribution < -0.4 is 10.2 Å². The average molecular weight is 296 g/mol. The van der Waals surface area contributed by atoms with Gasteiger partial charge in [-0.2, -0.15) is 0 Å². The summed E-state index contributed by atoms with van der Waals surface area (Å²) in [5, 5.41) is 3.45. The van der Waals surface area contributed by atoms with Crippen molar-refractivity contribution in [2.75, 3.05) is 31.1 Å². The largest absolute Gasteiger partial charge is 0.355 e. The molecule has 1 aromatic carbocycles. The minimum Gasteiger partial charge on any atom is -0.355 e. The molecule has 1 N–H and O–H groups in total. The van der Waals surface area contributed by atoms with Gasteiger partial charge in [-0.05, 0) is 18.9 Å². The van der Waals surface area contributed by atoms with Crippen LogP contribution in [0.4, 0.5) is 5.82 Å². The minimum absolute atomic E-state index is 0.398. The van der Waals surface area contributed by atoms with Gasteiger partial charge in [-0.1, -0.05) is 44.2 Å². The van der Waals surface area contributed by atoms with Crippen molar-refractivity contribution in [3.63, 3.8) is 0 Å². The third-order valence-electron chi connectivity index (χ3n) is 4.02. The van der Waals surface area contributed by atoms with Crippen molar-refractivity contribution >= 4 is 5.82 Å². The van der Waals surface area contributed by atoms with Gasteiger partial charge in [0, 0.05) is 37.0 Å². The van der Waals surface area contributed by atoms with Gasteiger partial charge in [0.2, 0.25) is 0 Å². The van der Waals surface area contributed by atoms with Gasteiger partial charge in [0.15, 0.2) is 5.82 Å². The Kier molecular flexibility index (Phi) is 4.68. The molecule has 0 spiro atoms. The average Bonchev–Trinajstić information content (AvgIpc) is 2.84. The fraction of sp³-hybridized carbons (Fsp3) is 0.444. The van der Waals surface area contributed by atoms with E-state index in [1.165, 1.54) is 0 Å². The van der Waals surface area contributed by atoms with Crippen LogP contribution in [0.2, 0.25) is 0 Å². The van der Waals surface area contributed by atoms with E-state index in [0.717, 1.165) is 55.5 Å². The van der Waals surface area contributed by atoms with E-state index in [1.807, 2.05) is 18.2 Å². The maximum absolute atomic E-state index is 4.84. The monoisotopic (exact) mass is 296 g/mol. The number of benzene rings is 1. The molecule has 1 saturated heterocycles. The van der Waals surface area contributed by atoms with Gasteiger partial charge in [0.1, 0.15) is 5.82 Å².